The lowest BCUT2D eigenvalue weighted by Gasteiger charge is -2.31. The lowest BCUT2D eigenvalue weighted by atomic mass is 9.98. The Balaban J connectivity index is 1.83. The van der Waals surface area contributed by atoms with Crippen molar-refractivity contribution in [3.05, 3.63) is 105 Å². The molecular formula is C29H26N4O4. The van der Waals surface area contributed by atoms with Gasteiger partial charge >= 0.3 is 5.69 Å². The highest BCUT2D eigenvalue weighted by molar-refractivity contribution is 5.99. The number of rotatable bonds is 4. The van der Waals surface area contributed by atoms with Crippen molar-refractivity contribution in [2.45, 2.75) is 13.0 Å². The number of phenolic OH excluding ortho intramolecular Hbond substituents is 1. The summed E-state index contributed by atoms with van der Waals surface area (Å²) in [6.45, 7) is 2.26. The molecule has 3 heterocycles. The van der Waals surface area contributed by atoms with E-state index in [-0.39, 0.29) is 11.3 Å². The zero-order valence-electron chi connectivity index (χ0n) is 20.7. The van der Waals surface area contributed by atoms with E-state index in [1.807, 2.05) is 78.2 Å². The summed E-state index contributed by atoms with van der Waals surface area (Å²) in [4.78, 5) is 26.9. The molecule has 0 fully saturated rings. The van der Waals surface area contributed by atoms with E-state index in [1.165, 1.54) is 11.6 Å². The zero-order valence-corrected chi connectivity index (χ0v) is 20.7. The highest BCUT2D eigenvalue weighted by Crippen LogP contribution is 2.47. The van der Waals surface area contributed by atoms with Crippen LogP contribution in [0.3, 0.4) is 0 Å². The van der Waals surface area contributed by atoms with Gasteiger partial charge in [0.05, 0.1) is 46.3 Å². The van der Waals surface area contributed by atoms with Crippen LogP contribution in [0.5, 0.6) is 11.5 Å². The van der Waals surface area contributed by atoms with Crippen molar-refractivity contribution in [1.82, 2.24) is 13.7 Å². The molecule has 0 saturated heterocycles. The number of anilines is 1. The Bertz CT molecular complexity index is 1800. The van der Waals surface area contributed by atoms with Crippen LogP contribution in [0, 0.1) is 0 Å². The first-order chi connectivity index (χ1) is 17.9. The second-order valence-corrected chi connectivity index (χ2v) is 9.09. The normalized spacial score (nSPS) is 14.2. The minimum Gasteiger partial charge on any atom is -0.504 e. The molecule has 37 heavy (non-hydrogen) atoms. The van der Waals surface area contributed by atoms with Crippen LogP contribution in [-0.4, -0.2) is 25.4 Å². The number of hydrogen-bond acceptors (Lipinski definition) is 5. The summed E-state index contributed by atoms with van der Waals surface area (Å²) >= 11 is 0. The molecule has 2 N–H and O–H groups in total. The van der Waals surface area contributed by atoms with Gasteiger partial charge < -0.3 is 19.7 Å². The first-order valence-corrected chi connectivity index (χ1v) is 12.1. The highest BCUT2D eigenvalue weighted by Gasteiger charge is 2.36. The summed E-state index contributed by atoms with van der Waals surface area (Å²) in [6, 6.07) is 22.3. The van der Waals surface area contributed by atoms with Gasteiger partial charge in [-0.25, -0.2) is 4.79 Å². The van der Waals surface area contributed by atoms with E-state index < -0.39 is 11.7 Å². The summed E-state index contributed by atoms with van der Waals surface area (Å²) in [6.07, 6.45) is 0. The molecule has 186 valence electrons. The maximum atomic E-state index is 13.7. The molecule has 1 atom stereocenters. The largest absolute Gasteiger partial charge is 0.504 e. The van der Waals surface area contributed by atoms with E-state index in [4.69, 9.17) is 4.74 Å². The van der Waals surface area contributed by atoms with Gasteiger partial charge in [0, 0.05) is 19.7 Å². The van der Waals surface area contributed by atoms with Crippen LogP contribution in [0.25, 0.3) is 27.8 Å². The van der Waals surface area contributed by atoms with Gasteiger partial charge in [-0.15, -0.1) is 0 Å². The predicted molar refractivity (Wildman–Crippen MR) is 144 cm³/mol. The number of aromatic nitrogens is 3. The molecule has 8 nitrogen and oxygen atoms in total. The monoisotopic (exact) mass is 494 g/mol. The Morgan fingerprint density at radius 2 is 1.65 bits per heavy atom. The molecule has 3 aromatic carbocycles. The summed E-state index contributed by atoms with van der Waals surface area (Å²) in [7, 11) is 3.17. The molecule has 1 aliphatic rings. The van der Waals surface area contributed by atoms with Gasteiger partial charge in [0.15, 0.2) is 11.5 Å². The quantitative estimate of drug-likeness (QED) is 0.389. The second kappa shape index (κ2) is 8.44. The van der Waals surface area contributed by atoms with Crippen LogP contribution in [0.2, 0.25) is 0 Å². The summed E-state index contributed by atoms with van der Waals surface area (Å²) < 4.78 is 10.4. The number of hydrogen-bond donors (Lipinski definition) is 2. The van der Waals surface area contributed by atoms with E-state index in [1.54, 1.807) is 13.1 Å². The van der Waals surface area contributed by atoms with E-state index in [2.05, 4.69) is 5.32 Å². The Hall–Kier alpha value is -4.72. The number of fused-ring (bicyclic) bond motifs is 5. The van der Waals surface area contributed by atoms with E-state index in [0.29, 0.717) is 40.2 Å². The molecule has 0 saturated carbocycles. The molecule has 2 aromatic heterocycles. The van der Waals surface area contributed by atoms with Crippen molar-refractivity contribution in [2.24, 2.45) is 14.1 Å². The zero-order chi connectivity index (χ0) is 25.8. The highest BCUT2D eigenvalue weighted by atomic mass is 16.5. The van der Waals surface area contributed by atoms with E-state index in [9.17, 15) is 14.7 Å². The third-order valence-electron chi connectivity index (χ3n) is 7.02. The van der Waals surface area contributed by atoms with Crippen molar-refractivity contribution < 1.29 is 9.84 Å². The smallest absolute Gasteiger partial charge is 0.331 e. The number of benzene rings is 3. The van der Waals surface area contributed by atoms with Crippen LogP contribution < -0.4 is 21.3 Å². The predicted octanol–water partition coefficient (Wildman–Crippen LogP) is 4.31. The first-order valence-electron chi connectivity index (χ1n) is 12.1. The van der Waals surface area contributed by atoms with Crippen LogP contribution in [-0.2, 0) is 14.1 Å². The van der Waals surface area contributed by atoms with Crippen molar-refractivity contribution in [1.29, 1.82) is 0 Å². The van der Waals surface area contributed by atoms with E-state index >= 15 is 0 Å². The van der Waals surface area contributed by atoms with Gasteiger partial charge in [0.2, 0.25) is 0 Å². The number of aromatic hydroxyl groups is 1. The second-order valence-electron chi connectivity index (χ2n) is 9.09. The maximum Gasteiger partial charge on any atom is 0.331 e. The number of ether oxygens (including phenoxy) is 1. The first kappa shape index (κ1) is 22.7. The number of nitrogens with zero attached hydrogens (tertiary/aromatic N) is 3. The molecule has 8 heteroatoms. The standard InChI is InChI=1S/C29H26N4O4/c1-4-37-21-16-10-13-18(27(21)34)23-26-25-22(28(35)32(3)29(36)31(25)2)24(17-11-6-5-7-12-17)33(26)20-15-9-8-14-19(20)30-23/h5-16,23,30,34H,4H2,1-3H3/t23-/m1/s1. The molecule has 0 spiro atoms. The molecule has 0 aliphatic carbocycles. The van der Waals surface area contributed by atoms with Gasteiger partial charge in [-0.3, -0.25) is 13.9 Å². The Kier molecular flexibility index (Phi) is 5.19. The fourth-order valence-corrected chi connectivity index (χ4v) is 5.37. The molecule has 0 amide bonds. The summed E-state index contributed by atoms with van der Waals surface area (Å²) in [5, 5.41) is 15.3. The molecule has 0 unspecified atom stereocenters. The molecule has 0 bridgehead atoms. The maximum absolute atomic E-state index is 13.7. The van der Waals surface area contributed by atoms with Crippen molar-refractivity contribution in [3.63, 3.8) is 0 Å². The Labute approximate surface area is 212 Å². The Morgan fingerprint density at radius 3 is 2.41 bits per heavy atom. The average Bonchev–Trinajstić information content (AvgIpc) is 3.29. The third kappa shape index (κ3) is 3.22. The Morgan fingerprint density at radius 1 is 0.919 bits per heavy atom. The molecule has 0 radical (unpaired) electrons. The van der Waals surface area contributed by atoms with Crippen molar-refractivity contribution in [2.75, 3.05) is 11.9 Å². The van der Waals surface area contributed by atoms with Gasteiger partial charge in [-0.2, -0.15) is 0 Å². The molecule has 6 rings (SSSR count). The number of nitrogens with one attached hydrogen (secondary N) is 1. The van der Waals surface area contributed by atoms with Gasteiger partial charge in [0.1, 0.15) is 0 Å². The summed E-state index contributed by atoms with van der Waals surface area (Å²) in [5.74, 6) is 0.383. The van der Waals surface area contributed by atoms with Gasteiger partial charge in [0.25, 0.3) is 5.56 Å². The molecular weight excluding hydrogens is 468 g/mol. The van der Waals surface area contributed by atoms with Crippen molar-refractivity contribution >= 4 is 16.6 Å². The fourth-order valence-electron chi connectivity index (χ4n) is 5.37. The third-order valence-corrected chi connectivity index (χ3v) is 7.02. The summed E-state index contributed by atoms with van der Waals surface area (Å²) in [5.41, 5.74) is 4.21. The van der Waals surface area contributed by atoms with Crippen LogP contribution in [0.4, 0.5) is 5.69 Å². The lowest BCUT2D eigenvalue weighted by molar-refractivity contribution is 0.316. The van der Waals surface area contributed by atoms with Gasteiger partial charge in [-0.1, -0.05) is 54.6 Å². The number of aryl methyl sites for hydroxylation is 1. The van der Waals surface area contributed by atoms with Crippen LogP contribution in [0.15, 0.2) is 82.4 Å². The molecule has 5 aromatic rings. The minimum atomic E-state index is -0.576. The number of phenols is 1. The minimum absolute atomic E-state index is 0.0113. The van der Waals surface area contributed by atoms with Gasteiger partial charge in [-0.05, 0) is 30.7 Å². The van der Waals surface area contributed by atoms with Crippen LogP contribution in [0.1, 0.15) is 24.2 Å². The topological polar surface area (TPSA) is 90.4 Å². The number of para-hydroxylation sites is 3. The lowest BCUT2D eigenvalue weighted by Crippen LogP contribution is -2.37. The van der Waals surface area contributed by atoms with Crippen molar-refractivity contribution in [3.8, 4) is 28.4 Å². The van der Waals surface area contributed by atoms with Crippen LogP contribution >= 0.6 is 0 Å². The molecule has 1 aliphatic heterocycles. The van der Waals surface area contributed by atoms with E-state index in [0.717, 1.165) is 21.5 Å². The SMILES string of the molecule is CCOc1cccc([C@H]2Nc3ccccc3-n3c(-c4ccccc4)c4c(=O)n(C)c(=O)n(C)c4c32)c1O. The fraction of sp³-hybridized carbons (Fsp3) is 0.172. The average molecular weight is 495 g/mol.